The van der Waals surface area contributed by atoms with E-state index in [1.54, 1.807) is 13.0 Å². The predicted octanol–water partition coefficient (Wildman–Crippen LogP) is 3.27. The Balaban J connectivity index is 2.10. The maximum atomic E-state index is 12.4. The number of carbonyl (C=O) groups is 1. The summed E-state index contributed by atoms with van der Waals surface area (Å²) in [6.45, 7) is 8.69. The first kappa shape index (κ1) is 27.2. The summed E-state index contributed by atoms with van der Waals surface area (Å²) >= 11 is 0. The van der Waals surface area contributed by atoms with E-state index in [4.69, 9.17) is 15.2 Å². The largest absolute Gasteiger partial charge is 0.490 e. The quantitative estimate of drug-likeness (QED) is 0.243. The van der Waals surface area contributed by atoms with Crippen LogP contribution in [0.4, 0.5) is 11.4 Å². The molecule has 2 aromatic carbocycles. The number of hydrogen-bond acceptors (Lipinski definition) is 8. The maximum Gasteiger partial charge on any atom is 0.252 e. The summed E-state index contributed by atoms with van der Waals surface area (Å²) < 4.78 is 11.5. The predicted molar refractivity (Wildman–Crippen MR) is 141 cm³/mol. The van der Waals surface area contributed by atoms with Crippen molar-refractivity contribution in [2.45, 2.75) is 52.8 Å². The Kier molecular flexibility index (Phi) is 9.46. The average Bonchev–Trinajstić information content (AvgIpc) is 2.85. The Hall–Kier alpha value is -3.40. The van der Waals surface area contributed by atoms with Crippen molar-refractivity contribution in [1.29, 1.82) is 0 Å². The molecule has 1 amide bonds. The summed E-state index contributed by atoms with van der Waals surface area (Å²) in [7, 11) is 0. The van der Waals surface area contributed by atoms with Crippen LogP contribution < -0.4 is 25.8 Å². The summed E-state index contributed by atoms with van der Waals surface area (Å²) in [5.41, 5.74) is 10.0. The standard InChI is InChI=1S/C27H36N4O5/c1-5-18-17(13-29-23(15-32)16(4)33)9-8-10-21(18)31-26-19-11-24(35-6-2)25(36-7-3)12-22(19)30-14-20(26)27(28)34/h8-12,14,16,23,29,32-33H,5-7,13,15H2,1-4H3,(H2,28,34)(H,30,31). The highest BCUT2D eigenvalue weighted by Crippen LogP contribution is 2.38. The van der Waals surface area contributed by atoms with Crippen molar-refractivity contribution in [2.24, 2.45) is 5.73 Å². The van der Waals surface area contributed by atoms with Gasteiger partial charge in [0, 0.05) is 29.9 Å². The molecule has 194 valence electrons. The molecule has 6 N–H and O–H groups in total. The van der Waals surface area contributed by atoms with Crippen molar-refractivity contribution in [3.05, 3.63) is 53.2 Å². The van der Waals surface area contributed by atoms with Gasteiger partial charge in [-0.25, -0.2) is 0 Å². The highest BCUT2D eigenvalue weighted by molar-refractivity contribution is 6.08. The molecule has 2 unspecified atom stereocenters. The van der Waals surface area contributed by atoms with Gasteiger partial charge in [-0.1, -0.05) is 19.1 Å². The number of nitrogens with zero attached hydrogens (tertiary/aromatic N) is 1. The third-order valence-corrected chi connectivity index (χ3v) is 6.02. The number of ether oxygens (including phenoxy) is 2. The normalized spacial score (nSPS) is 12.8. The molecule has 3 rings (SSSR count). The van der Waals surface area contributed by atoms with E-state index in [2.05, 4.69) is 15.6 Å². The molecule has 0 bridgehead atoms. The summed E-state index contributed by atoms with van der Waals surface area (Å²) in [6.07, 6.45) is 1.49. The van der Waals surface area contributed by atoms with E-state index >= 15 is 0 Å². The first-order chi connectivity index (χ1) is 17.3. The number of amides is 1. The van der Waals surface area contributed by atoms with Gasteiger partial charge in [0.25, 0.3) is 5.91 Å². The van der Waals surface area contributed by atoms with Crippen LogP contribution in [0.3, 0.4) is 0 Å². The van der Waals surface area contributed by atoms with E-state index in [0.29, 0.717) is 54.3 Å². The summed E-state index contributed by atoms with van der Waals surface area (Å²) in [4.78, 5) is 16.8. The Morgan fingerprint density at radius 3 is 2.42 bits per heavy atom. The van der Waals surface area contributed by atoms with Gasteiger partial charge in [0.15, 0.2) is 11.5 Å². The first-order valence-electron chi connectivity index (χ1n) is 12.3. The molecule has 3 aromatic rings. The van der Waals surface area contributed by atoms with Crippen molar-refractivity contribution in [2.75, 3.05) is 25.1 Å². The van der Waals surface area contributed by atoms with Crippen LogP contribution in [0.15, 0.2) is 36.5 Å². The lowest BCUT2D eigenvalue weighted by Gasteiger charge is -2.22. The molecule has 0 aliphatic rings. The van der Waals surface area contributed by atoms with Crippen molar-refractivity contribution in [3.63, 3.8) is 0 Å². The van der Waals surface area contributed by atoms with E-state index < -0.39 is 18.1 Å². The average molecular weight is 497 g/mol. The fourth-order valence-electron chi connectivity index (χ4n) is 4.16. The fraction of sp³-hybridized carbons (Fsp3) is 0.407. The van der Waals surface area contributed by atoms with Crippen LogP contribution in [0.2, 0.25) is 0 Å². The minimum absolute atomic E-state index is 0.173. The number of aliphatic hydroxyl groups is 2. The molecule has 9 heteroatoms. The molecular weight excluding hydrogens is 460 g/mol. The molecule has 9 nitrogen and oxygen atoms in total. The van der Waals surface area contributed by atoms with Crippen LogP contribution in [0.5, 0.6) is 11.5 Å². The van der Waals surface area contributed by atoms with Crippen LogP contribution in [0, 0.1) is 0 Å². The zero-order valence-corrected chi connectivity index (χ0v) is 21.3. The van der Waals surface area contributed by atoms with E-state index in [1.807, 2.05) is 45.0 Å². The lowest BCUT2D eigenvalue weighted by molar-refractivity contribution is 0.0999. The Morgan fingerprint density at radius 2 is 1.83 bits per heavy atom. The van der Waals surface area contributed by atoms with E-state index in [-0.39, 0.29) is 12.2 Å². The number of anilines is 2. The number of primary amides is 1. The highest BCUT2D eigenvalue weighted by Gasteiger charge is 2.19. The van der Waals surface area contributed by atoms with E-state index in [9.17, 15) is 15.0 Å². The third-order valence-electron chi connectivity index (χ3n) is 6.02. The monoisotopic (exact) mass is 496 g/mol. The molecular formula is C27H36N4O5. The fourth-order valence-corrected chi connectivity index (χ4v) is 4.16. The van der Waals surface area contributed by atoms with Crippen molar-refractivity contribution in [1.82, 2.24) is 10.3 Å². The number of benzene rings is 2. The number of hydrogen-bond donors (Lipinski definition) is 5. The number of rotatable bonds is 13. The van der Waals surface area contributed by atoms with Gasteiger partial charge >= 0.3 is 0 Å². The number of aliphatic hydroxyl groups excluding tert-OH is 2. The highest BCUT2D eigenvalue weighted by atomic mass is 16.5. The van der Waals surface area contributed by atoms with Gasteiger partial charge in [-0.3, -0.25) is 9.78 Å². The van der Waals surface area contributed by atoms with Crippen molar-refractivity contribution in [3.8, 4) is 11.5 Å². The molecule has 0 saturated heterocycles. The zero-order valence-electron chi connectivity index (χ0n) is 21.3. The molecule has 36 heavy (non-hydrogen) atoms. The van der Waals surface area contributed by atoms with Crippen LogP contribution in [-0.4, -0.2) is 53.1 Å². The number of aromatic nitrogens is 1. The zero-order chi connectivity index (χ0) is 26.2. The van der Waals surface area contributed by atoms with Crippen LogP contribution in [-0.2, 0) is 13.0 Å². The number of pyridine rings is 1. The summed E-state index contributed by atoms with van der Waals surface area (Å²) in [6, 6.07) is 9.03. The van der Waals surface area contributed by atoms with Gasteiger partial charge < -0.3 is 36.1 Å². The van der Waals surface area contributed by atoms with Gasteiger partial charge in [0.1, 0.15) is 0 Å². The van der Waals surface area contributed by atoms with Gasteiger partial charge in [-0.05, 0) is 50.5 Å². The van der Waals surface area contributed by atoms with Crippen molar-refractivity contribution < 1.29 is 24.5 Å². The molecule has 1 aromatic heterocycles. The summed E-state index contributed by atoms with van der Waals surface area (Å²) in [5.74, 6) is 0.536. The number of nitrogens with two attached hydrogens (primary N) is 1. The molecule has 1 heterocycles. The third kappa shape index (κ3) is 6.04. The lowest BCUT2D eigenvalue weighted by atomic mass is 10.0. The number of fused-ring (bicyclic) bond motifs is 1. The SMILES string of the molecule is CCOc1cc2ncc(C(N)=O)c(Nc3cccc(CNC(CO)C(C)O)c3CC)c2cc1OCC. The lowest BCUT2D eigenvalue weighted by Crippen LogP contribution is -2.40. The van der Waals surface area contributed by atoms with Gasteiger partial charge in [-0.2, -0.15) is 0 Å². The van der Waals surface area contributed by atoms with E-state index in [0.717, 1.165) is 16.8 Å². The summed E-state index contributed by atoms with van der Waals surface area (Å²) in [5, 5.41) is 26.7. The smallest absolute Gasteiger partial charge is 0.252 e. The molecule has 0 saturated carbocycles. The van der Waals surface area contributed by atoms with Gasteiger partial charge in [0.05, 0.1) is 48.7 Å². The van der Waals surface area contributed by atoms with Crippen LogP contribution in [0.1, 0.15) is 49.2 Å². The van der Waals surface area contributed by atoms with E-state index in [1.165, 1.54) is 6.20 Å². The number of carbonyl (C=O) groups excluding carboxylic acids is 1. The molecule has 0 spiro atoms. The van der Waals surface area contributed by atoms with Crippen LogP contribution in [0.25, 0.3) is 10.9 Å². The molecule has 0 fully saturated rings. The second-order valence-electron chi connectivity index (χ2n) is 8.43. The second kappa shape index (κ2) is 12.5. The van der Waals surface area contributed by atoms with Crippen molar-refractivity contribution >= 4 is 28.2 Å². The maximum absolute atomic E-state index is 12.4. The minimum atomic E-state index is -0.691. The Bertz CT molecular complexity index is 1200. The molecule has 0 aliphatic heterocycles. The van der Waals surface area contributed by atoms with Gasteiger partial charge in [-0.15, -0.1) is 0 Å². The van der Waals surface area contributed by atoms with Crippen LogP contribution >= 0.6 is 0 Å². The van der Waals surface area contributed by atoms with Gasteiger partial charge in [0.2, 0.25) is 0 Å². The minimum Gasteiger partial charge on any atom is -0.490 e. The topological polar surface area (TPSA) is 139 Å². The Labute approximate surface area is 211 Å². The second-order valence-corrected chi connectivity index (χ2v) is 8.43. The molecule has 0 radical (unpaired) electrons. The Morgan fingerprint density at radius 1 is 1.14 bits per heavy atom. The molecule has 0 aliphatic carbocycles. The molecule has 2 atom stereocenters. The first-order valence-corrected chi connectivity index (χ1v) is 12.3. The number of nitrogens with one attached hydrogen (secondary N) is 2.